The first kappa shape index (κ1) is 27.5. The Morgan fingerprint density at radius 3 is 2.50 bits per heavy atom. The molecule has 0 aliphatic carbocycles. The summed E-state index contributed by atoms with van der Waals surface area (Å²) in [6.07, 6.45) is -3.09. The van der Waals surface area contributed by atoms with Crippen molar-refractivity contribution in [3.05, 3.63) is 47.8 Å². The van der Waals surface area contributed by atoms with Gasteiger partial charge in [-0.25, -0.2) is 4.98 Å². The minimum absolute atomic E-state index is 0. The van der Waals surface area contributed by atoms with Gasteiger partial charge in [0, 0.05) is 11.8 Å². The number of aromatic amines is 1. The molecule has 1 N–H and O–H groups in total. The number of hydrogen-bond donors (Lipinski definition) is 1. The second kappa shape index (κ2) is 11.7. The number of ether oxygens (including phenoxy) is 1. The number of para-hydroxylation sites is 2. The summed E-state index contributed by atoms with van der Waals surface area (Å²) >= 11 is 0. The zero-order valence-electron chi connectivity index (χ0n) is 15.5. The number of nitrogens with zero attached hydrogens (tertiary/aromatic N) is 2. The fraction of sp³-hybridized carbons (Fsp3) is 0.250. The van der Waals surface area contributed by atoms with E-state index >= 15 is 0 Å². The van der Waals surface area contributed by atoms with E-state index in [1.54, 1.807) is 13.0 Å². The van der Waals surface area contributed by atoms with Gasteiger partial charge in [0.2, 0.25) is 0 Å². The van der Waals surface area contributed by atoms with Gasteiger partial charge in [-0.3, -0.25) is 9.19 Å². The molecule has 0 saturated carbocycles. The molecule has 1 unspecified atom stereocenters. The predicted octanol–water partition coefficient (Wildman–Crippen LogP) is -2.60. The smallest absolute Gasteiger partial charge is 1.00 e. The molecule has 0 radical (unpaired) electrons. The van der Waals surface area contributed by atoms with Crippen molar-refractivity contribution >= 4 is 21.8 Å². The normalized spacial score (nSPS) is 11.7. The Bertz CT molecular complexity index is 905. The Balaban J connectivity index is 0.00000243. The van der Waals surface area contributed by atoms with Gasteiger partial charge in [-0.05, 0) is 25.1 Å². The van der Waals surface area contributed by atoms with Crippen LogP contribution in [-0.2, 0) is 22.0 Å². The first-order valence-electron chi connectivity index (χ1n) is 7.30. The van der Waals surface area contributed by atoms with Crippen LogP contribution in [0.15, 0.2) is 41.7 Å². The van der Waals surface area contributed by atoms with E-state index in [9.17, 15) is 17.4 Å². The van der Waals surface area contributed by atoms with Crippen molar-refractivity contribution in [1.29, 1.82) is 0 Å². The average Bonchev–Trinajstić information content (AvgIpc) is 2.99. The summed E-state index contributed by atoms with van der Waals surface area (Å²) in [6.45, 7) is 0.202. The number of fused-ring (bicyclic) bond motifs is 1. The van der Waals surface area contributed by atoms with E-state index in [-0.39, 0.29) is 76.1 Å². The van der Waals surface area contributed by atoms with E-state index in [0.717, 1.165) is 5.52 Å². The molecule has 0 aliphatic rings. The van der Waals surface area contributed by atoms with E-state index in [1.807, 2.05) is 18.2 Å². The van der Waals surface area contributed by atoms with E-state index in [2.05, 4.69) is 15.0 Å². The van der Waals surface area contributed by atoms with Crippen molar-refractivity contribution in [1.82, 2.24) is 15.0 Å². The Labute approximate surface area is 206 Å². The molecule has 3 rings (SSSR count). The summed E-state index contributed by atoms with van der Waals surface area (Å²) in [6, 6.07) is 8.62. The number of benzene rings is 1. The number of nitrogens with one attached hydrogen (secondary N) is 1. The topological polar surface area (TPSA) is 96.4 Å². The fourth-order valence-electron chi connectivity index (χ4n) is 2.25. The van der Waals surface area contributed by atoms with Crippen LogP contribution in [0.2, 0.25) is 0 Å². The van der Waals surface area contributed by atoms with Crippen LogP contribution in [0.1, 0.15) is 11.3 Å². The molecular weight excluding hydrogens is 417 g/mol. The number of imidazole rings is 1. The zero-order chi connectivity index (χ0) is 18.0. The SMILES string of the molecule is Cc1c(OCC(F)(F)F)ccnc1CS(=O)c1nc2ccccc2[nH]1.[Na+].[Na+].[O-2]. The van der Waals surface area contributed by atoms with Gasteiger partial charge in [0.05, 0.1) is 33.3 Å². The van der Waals surface area contributed by atoms with Crippen molar-refractivity contribution in [3.8, 4) is 5.75 Å². The number of H-pyrrole nitrogens is 1. The van der Waals surface area contributed by atoms with Gasteiger partial charge < -0.3 is 15.2 Å². The van der Waals surface area contributed by atoms with Crippen molar-refractivity contribution < 1.29 is 86.7 Å². The van der Waals surface area contributed by atoms with Crippen LogP contribution in [0, 0.1) is 6.92 Å². The molecule has 0 spiro atoms. The largest absolute Gasteiger partial charge is 2.00 e. The Morgan fingerprint density at radius 1 is 1.18 bits per heavy atom. The fourth-order valence-corrected chi connectivity index (χ4v) is 3.35. The van der Waals surface area contributed by atoms with Gasteiger partial charge in [0.25, 0.3) is 0 Å². The van der Waals surface area contributed by atoms with E-state index < -0.39 is 23.6 Å². The third-order valence-corrected chi connectivity index (χ3v) is 4.66. The second-order valence-corrected chi connectivity index (χ2v) is 6.70. The monoisotopic (exact) mass is 431 g/mol. The summed E-state index contributed by atoms with van der Waals surface area (Å²) in [7, 11) is -1.51. The molecule has 28 heavy (non-hydrogen) atoms. The summed E-state index contributed by atoms with van der Waals surface area (Å²) in [5, 5.41) is 0.295. The van der Waals surface area contributed by atoms with Crippen LogP contribution in [0.25, 0.3) is 11.0 Å². The van der Waals surface area contributed by atoms with Gasteiger partial charge in [0.1, 0.15) is 5.75 Å². The predicted molar refractivity (Wildman–Crippen MR) is 87.4 cm³/mol. The van der Waals surface area contributed by atoms with Crippen molar-refractivity contribution in [2.45, 2.75) is 24.0 Å². The first-order chi connectivity index (χ1) is 11.8. The number of aromatic nitrogens is 3. The summed E-state index contributed by atoms with van der Waals surface area (Å²) in [5.41, 5.74) is 2.28. The molecule has 0 fully saturated rings. The van der Waals surface area contributed by atoms with Gasteiger partial charge in [0.15, 0.2) is 11.8 Å². The molecule has 12 heteroatoms. The molecule has 1 aromatic carbocycles. The molecule has 0 bridgehead atoms. The molecule has 6 nitrogen and oxygen atoms in total. The van der Waals surface area contributed by atoms with Crippen LogP contribution < -0.4 is 63.9 Å². The molecule has 2 aromatic heterocycles. The number of alkyl halides is 3. The van der Waals surface area contributed by atoms with Crippen molar-refractivity contribution in [3.63, 3.8) is 0 Å². The molecule has 3 aromatic rings. The molecular formula is C16H14F3N3Na2O3S. The van der Waals surface area contributed by atoms with Gasteiger partial charge in [-0.2, -0.15) is 13.2 Å². The Kier molecular flexibility index (Phi) is 11.5. The Morgan fingerprint density at radius 2 is 1.86 bits per heavy atom. The van der Waals surface area contributed by atoms with E-state index in [0.29, 0.717) is 21.9 Å². The van der Waals surface area contributed by atoms with Crippen LogP contribution in [-0.4, -0.2) is 31.9 Å². The minimum Gasteiger partial charge on any atom is -2.00 e. The number of halogens is 3. The standard InChI is InChI=1S/C16H14F3N3O2S.2Na.O/c1-10-13(20-7-6-14(10)24-9-16(17,18)19)8-25(23)15-21-11-4-2-3-5-12(11)22-15;;;/h2-7H,8-9H2,1H3,(H,21,22);;;/q;2*+1;-2. The average molecular weight is 431 g/mol. The van der Waals surface area contributed by atoms with E-state index in [1.165, 1.54) is 12.3 Å². The third kappa shape index (κ3) is 7.10. The molecule has 2 heterocycles. The van der Waals surface area contributed by atoms with Gasteiger partial charge in [-0.15, -0.1) is 0 Å². The molecule has 140 valence electrons. The number of pyridine rings is 1. The minimum atomic E-state index is -4.42. The van der Waals surface area contributed by atoms with Crippen molar-refractivity contribution in [2.24, 2.45) is 0 Å². The molecule has 0 saturated heterocycles. The first-order valence-corrected chi connectivity index (χ1v) is 8.62. The van der Waals surface area contributed by atoms with Crippen LogP contribution in [0.5, 0.6) is 5.75 Å². The zero-order valence-corrected chi connectivity index (χ0v) is 20.4. The number of rotatable bonds is 5. The van der Waals surface area contributed by atoms with Crippen molar-refractivity contribution in [2.75, 3.05) is 6.61 Å². The summed E-state index contributed by atoms with van der Waals surface area (Å²) < 4.78 is 54.2. The van der Waals surface area contributed by atoms with E-state index in [4.69, 9.17) is 4.74 Å². The second-order valence-electron chi connectivity index (χ2n) is 5.33. The molecule has 0 amide bonds. The maximum absolute atomic E-state index is 12.5. The Hall–Kier alpha value is -0.460. The summed E-state index contributed by atoms with van der Waals surface area (Å²) in [5.74, 6) is 0.0958. The molecule has 0 aliphatic heterocycles. The van der Waals surface area contributed by atoms with Gasteiger partial charge >= 0.3 is 65.3 Å². The van der Waals surface area contributed by atoms with Gasteiger partial charge in [-0.1, -0.05) is 12.1 Å². The van der Waals surface area contributed by atoms with Crippen LogP contribution in [0.4, 0.5) is 13.2 Å². The van der Waals surface area contributed by atoms with Crippen LogP contribution in [0.3, 0.4) is 0 Å². The molecule has 1 atom stereocenters. The third-order valence-electron chi connectivity index (χ3n) is 3.50. The number of hydrogen-bond acceptors (Lipinski definition) is 4. The quantitative estimate of drug-likeness (QED) is 0.449. The van der Waals surface area contributed by atoms with Crippen LogP contribution >= 0.6 is 0 Å². The maximum Gasteiger partial charge on any atom is 1.00 e. The summed E-state index contributed by atoms with van der Waals surface area (Å²) in [4.78, 5) is 11.3. The maximum atomic E-state index is 12.5.